The van der Waals surface area contributed by atoms with Crippen molar-refractivity contribution in [2.45, 2.75) is 13.5 Å². The molecule has 1 amide bonds. The van der Waals surface area contributed by atoms with Crippen LogP contribution >= 0.6 is 15.9 Å². The molecule has 2 aromatic rings. The van der Waals surface area contributed by atoms with Gasteiger partial charge in [-0.05, 0) is 41.1 Å². The lowest BCUT2D eigenvalue weighted by molar-refractivity contribution is -0.385. The molecular formula is C18H17BrN2O5. The zero-order valence-electron chi connectivity index (χ0n) is 14.1. The van der Waals surface area contributed by atoms with Crippen molar-refractivity contribution in [2.24, 2.45) is 0 Å². The summed E-state index contributed by atoms with van der Waals surface area (Å²) in [6.45, 7) is 3.59. The van der Waals surface area contributed by atoms with Crippen molar-refractivity contribution in [3.05, 3.63) is 62.1 Å². The van der Waals surface area contributed by atoms with Crippen LogP contribution in [0.25, 0.3) is 0 Å². The number of nitro groups is 1. The summed E-state index contributed by atoms with van der Waals surface area (Å²) in [5.41, 5.74) is 0.966. The molecule has 1 aliphatic heterocycles. The molecule has 0 spiro atoms. The smallest absolute Gasteiger partial charge is 0.284 e. The fourth-order valence-electron chi connectivity index (χ4n) is 2.76. The molecule has 0 saturated heterocycles. The Morgan fingerprint density at radius 3 is 2.77 bits per heavy atom. The van der Waals surface area contributed by atoms with Gasteiger partial charge in [0.05, 0.1) is 9.40 Å². The van der Waals surface area contributed by atoms with Crippen molar-refractivity contribution in [1.29, 1.82) is 0 Å². The summed E-state index contributed by atoms with van der Waals surface area (Å²) in [5.74, 6) is 1.03. The molecule has 1 heterocycles. The first-order valence-corrected chi connectivity index (χ1v) is 8.91. The number of fused-ring (bicyclic) bond motifs is 1. The number of halogens is 1. The lowest BCUT2D eigenvalue weighted by atomic mass is 10.1. The molecule has 0 fully saturated rings. The molecule has 0 aliphatic carbocycles. The molecule has 0 saturated carbocycles. The molecule has 0 radical (unpaired) electrons. The van der Waals surface area contributed by atoms with Crippen LogP contribution in [0.15, 0.2) is 40.9 Å². The number of amides is 1. The molecule has 7 nitrogen and oxygen atoms in total. The van der Waals surface area contributed by atoms with Gasteiger partial charge in [-0.25, -0.2) is 0 Å². The van der Waals surface area contributed by atoms with E-state index in [4.69, 9.17) is 9.47 Å². The first-order chi connectivity index (χ1) is 12.5. The first-order valence-electron chi connectivity index (χ1n) is 8.12. The molecule has 0 unspecified atom stereocenters. The third-order valence-electron chi connectivity index (χ3n) is 4.07. The van der Waals surface area contributed by atoms with Crippen molar-refractivity contribution in [3.63, 3.8) is 0 Å². The van der Waals surface area contributed by atoms with E-state index in [1.54, 1.807) is 11.0 Å². The van der Waals surface area contributed by atoms with E-state index in [1.807, 2.05) is 25.1 Å². The van der Waals surface area contributed by atoms with E-state index in [9.17, 15) is 14.9 Å². The molecule has 26 heavy (non-hydrogen) atoms. The summed E-state index contributed by atoms with van der Waals surface area (Å²) in [6, 6.07) is 9.94. The molecule has 0 atom stereocenters. The molecule has 136 valence electrons. The minimum Gasteiger partial charge on any atom is -0.486 e. The molecule has 3 rings (SSSR count). The van der Waals surface area contributed by atoms with Crippen LogP contribution in [0.2, 0.25) is 0 Å². The van der Waals surface area contributed by atoms with E-state index in [0.717, 1.165) is 5.56 Å². The van der Waals surface area contributed by atoms with Gasteiger partial charge in [0.1, 0.15) is 13.2 Å². The number of carbonyl (C=O) groups is 1. The van der Waals surface area contributed by atoms with Gasteiger partial charge in [-0.1, -0.05) is 12.1 Å². The number of ether oxygens (including phenoxy) is 2. The van der Waals surface area contributed by atoms with Crippen LogP contribution in [0.1, 0.15) is 22.8 Å². The van der Waals surface area contributed by atoms with E-state index >= 15 is 0 Å². The van der Waals surface area contributed by atoms with Crippen LogP contribution in [0.3, 0.4) is 0 Å². The number of nitro benzene ring substituents is 1. The normalized spacial score (nSPS) is 12.5. The minimum atomic E-state index is -0.518. The monoisotopic (exact) mass is 420 g/mol. The van der Waals surface area contributed by atoms with Crippen LogP contribution in [0, 0.1) is 10.1 Å². The van der Waals surface area contributed by atoms with Gasteiger partial charge in [0.2, 0.25) is 0 Å². The highest BCUT2D eigenvalue weighted by Gasteiger charge is 2.22. The maximum atomic E-state index is 12.9. The Morgan fingerprint density at radius 1 is 1.27 bits per heavy atom. The molecule has 0 aromatic heterocycles. The molecule has 2 aromatic carbocycles. The topological polar surface area (TPSA) is 81.9 Å². The van der Waals surface area contributed by atoms with Gasteiger partial charge in [-0.15, -0.1) is 0 Å². The number of rotatable bonds is 5. The Morgan fingerprint density at radius 2 is 2.04 bits per heavy atom. The van der Waals surface area contributed by atoms with Gasteiger partial charge in [-0.2, -0.15) is 0 Å². The van der Waals surface area contributed by atoms with Crippen molar-refractivity contribution < 1.29 is 19.2 Å². The Labute approximate surface area is 158 Å². The van der Waals surface area contributed by atoms with Gasteiger partial charge < -0.3 is 14.4 Å². The summed E-state index contributed by atoms with van der Waals surface area (Å²) in [5, 5.41) is 11.1. The predicted molar refractivity (Wildman–Crippen MR) is 98.6 cm³/mol. The van der Waals surface area contributed by atoms with Crippen molar-refractivity contribution >= 4 is 27.5 Å². The Balaban J connectivity index is 1.87. The van der Waals surface area contributed by atoms with E-state index < -0.39 is 4.92 Å². The second-order valence-electron chi connectivity index (χ2n) is 5.68. The number of carbonyl (C=O) groups excluding carboxylic acids is 1. The van der Waals surface area contributed by atoms with Crippen LogP contribution in [-0.4, -0.2) is 35.5 Å². The average Bonchev–Trinajstić information content (AvgIpc) is 2.65. The SMILES string of the molecule is CCN(Cc1cccc2c1OCCO2)C(=O)c1ccc(Br)c([N+](=O)[O-])c1. The predicted octanol–water partition coefficient (Wildman–Crippen LogP) is 3.79. The van der Waals surface area contributed by atoms with E-state index in [-0.39, 0.29) is 17.2 Å². The van der Waals surface area contributed by atoms with Crippen LogP contribution < -0.4 is 9.47 Å². The maximum Gasteiger partial charge on any atom is 0.284 e. The number of hydrogen-bond donors (Lipinski definition) is 0. The zero-order valence-corrected chi connectivity index (χ0v) is 15.7. The van der Waals surface area contributed by atoms with Crippen molar-refractivity contribution in [1.82, 2.24) is 4.90 Å². The highest BCUT2D eigenvalue weighted by Crippen LogP contribution is 2.34. The lowest BCUT2D eigenvalue weighted by Crippen LogP contribution is -2.31. The van der Waals surface area contributed by atoms with Gasteiger partial charge in [-0.3, -0.25) is 14.9 Å². The van der Waals surface area contributed by atoms with Crippen molar-refractivity contribution in [3.8, 4) is 11.5 Å². The summed E-state index contributed by atoms with van der Waals surface area (Å²) < 4.78 is 11.6. The van der Waals surface area contributed by atoms with Crippen LogP contribution in [0.5, 0.6) is 11.5 Å². The highest BCUT2D eigenvalue weighted by molar-refractivity contribution is 9.10. The van der Waals surface area contributed by atoms with E-state index in [0.29, 0.717) is 42.3 Å². The van der Waals surface area contributed by atoms with Gasteiger partial charge in [0, 0.05) is 30.3 Å². The van der Waals surface area contributed by atoms with Gasteiger partial charge in [0.15, 0.2) is 11.5 Å². The van der Waals surface area contributed by atoms with E-state index in [1.165, 1.54) is 12.1 Å². The lowest BCUT2D eigenvalue weighted by Gasteiger charge is -2.25. The molecule has 0 N–H and O–H groups in total. The summed E-state index contributed by atoms with van der Waals surface area (Å²) in [6.07, 6.45) is 0. The third kappa shape index (κ3) is 3.65. The second-order valence-corrected chi connectivity index (χ2v) is 6.54. The largest absolute Gasteiger partial charge is 0.486 e. The number of nitrogens with zero attached hydrogens (tertiary/aromatic N) is 2. The number of benzene rings is 2. The first kappa shape index (κ1) is 18.2. The molecular weight excluding hydrogens is 404 g/mol. The fourth-order valence-corrected chi connectivity index (χ4v) is 3.15. The van der Waals surface area contributed by atoms with Crippen molar-refractivity contribution in [2.75, 3.05) is 19.8 Å². The van der Waals surface area contributed by atoms with Gasteiger partial charge >= 0.3 is 0 Å². The maximum absolute atomic E-state index is 12.9. The Bertz CT molecular complexity index is 855. The summed E-state index contributed by atoms with van der Waals surface area (Å²) in [7, 11) is 0. The molecule has 1 aliphatic rings. The van der Waals surface area contributed by atoms with Gasteiger partial charge in [0.25, 0.3) is 11.6 Å². The number of hydrogen-bond acceptors (Lipinski definition) is 5. The summed E-state index contributed by atoms with van der Waals surface area (Å²) in [4.78, 5) is 25.1. The Kier molecular flexibility index (Phi) is 5.41. The third-order valence-corrected chi connectivity index (χ3v) is 4.74. The minimum absolute atomic E-state index is 0.138. The second kappa shape index (κ2) is 7.74. The van der Waals surface area contributed by atoms with Crippen LogP contribution in [0.4, 0.5) is 5.69 Å². The fraction of sp³-hybridized carbons (Fsp3) is 0.278. The summed E-state index contributed by atoms with van der Waals surface area (Å²) >= 11 is 3.13. The standard InChI is InChI=1S/C18H17BrN2O5/c1-2-20(11-13-4-3-5-16-17(13)26-9-8-25-16)18(22)12-6-7-14(19)15(10-12)21(23)24/h3-7,10H,2,8-9,11H2,1H3. The quantitative estimate of drug-likeness (QED) is 0.542. The Hall–Kier alpha value is -2.61. The number of para-hydroxylation sites is 1. The van der Waals surface area contributed by atoms with Crippen LogP contribution in [-0.2, 0) is 6.54 Å². The molecule has 8 heteroatoms. The zero-order chi connectivity index (χ0) is 18.7. The molecule has 0 bridgehead atoms. The van der Waals surface area contributed by atoms with E-state index in [2.05, 4.69) is 15.9 Å². The average molecular weight is 421 g/mol. The highest BCUT2D eigenvalue weighted by atomic mass is 79.9.